The Morgan fingerprint density at radius 3 is 2.62 bits per heavy atom. The zero-order chi connectivity index (χ0) is 15.4. The molecule has 0 aliphatic heterocycles. The molecule has 0 unspecified atom stereocenters. The smallest absolute Gasteiger partial charge is 0.150 e. The molecule has 0 bridgehead atoms. The van der Waals surface area contributed by atoms with Crippen molar-refractivity contribution in [2.75, 3.05) is 5.32 Å². The van der Waals surface area contributed by atoms with Crippen LogP contribution >= 0.6 is 0 Å². The van der Waals surface area contributed by atoms with Gasteiger partial charge < -0.3 is 5.32 Å². The Kier molecular flexibility index (Phi) is 4.48. The lowest BCUT2D eigenvalue weighted by Crippen LogP contribution is -2.06. The van der Waals surface area contributed by atoms with Crippen LogP contribution in [-0.4, -0.2) is 6.29 Å². The molecule has 0 heterocycles. The number of hydrogen-bond donors (Lipinski definition) is 1. The van der Waals surface area contributed by atoms with Gasteiger partial charge in [0, 0.05) is 17.8 Å². The second-order valence-electron chi connectivity index (χ2n) is 4.70. The lowest BCUT2D eigenvalue weighted by Gasteiger charge is -2.12. The Morgan fingerprint density at radius 1 is 1.19 bits per heavy atom. The predicted octanol–water partition coefficient (Wildman–Crippen LogP) is 4.34. The van der Waals surface area contributed by atoms with Gasteiger partial charge in [0.15, 0.2) is 6.29 Å². The standard InChI is InChI=1S/C17H15F2NO/c1-3-12-7-14(18)4-5-17(12)20-9-13-8-15(19)6-11(2)16(13)10-21/h3-8,10,20H,1,9H2,2H3. The lowest BCUT2D eigenvalue weighted by molar-refractivity contribution is 0.112. The van der Waals surface area contributed by atoms with E-state index in [1.165, 1.54) is 30.3 Å². The topological polar surface area (TPSA) is 29.1 Å². The van der Waals surface area contributed by atoms with Crippen molar-refractivity contribution >= 4 is 18.0 Å². The zero-order valence-corrected chi connectivity index (χ0v) is 11.6. The van der Waals surface area contributed by atoms with E-state index in [1.807, 2.05) is 0 Å². The molecule has 0 amide bonds. The Balaban J connectivity index is 2.28. The predicted molar refractivity (Wildman–Crippen MR) is 80.3 cm³/mol. The Labute approximate surface area is 122 Å². The average Bonchev–Trinajstić information content (AvgIpc) is 2.45. The third-order valence-electron chi connectivity index (χ3n) is 3.26. The van der Waals surface area contributed by atoms with Crippen LogP contribution in [0.1, 0.15) is 27.0 Å². The second kappa shape index (κ2) is 6.31. The summed E-state index contributed by atoms with van der Waals surface area (Å²) in [7, 11) is 0. The molecule has 1 N–H and O–H groups in total. The number of halogens is 2. The third-order valence-corrected chi connectivity index (χ3v) is 3.26. The SMILES string of the molecule is C=Cc1cc(F)ccc1NCc1cc(F)cc(C)c1C=O. The second-order valence-corrected chi connectivity index (χ2v) is 4.70. The van der Waals surface area contributed by atoms with Crippen molar-refractivity contribution < 1.29 is 13.6 Å². The van der Waals surface area contributed by atoms with E-state index in [0.717, 1.165) is 0 Å². The summed E-state index contributed by atoms with van der Waals surface area (Å²) in [5.41, 5.74) is 2.89. The first kappa shape index (κ1) is 14.9. The monoisotopic (exact) mass is 287 g/mol. The first-order valence-corrected chi connectivity index (χ1v) is 6.45. The Morgan fingerprint density at radius 2 is 1.95 bits per heavy atom. The van der Waals surface area contributed by atoms with Crippen molar-refractivity contribution in [3.05, 3.63) is 70.8 Å². The lowest BCUT2D eigenvalue weighted by atomic mass is 10.0. The summed E-state index contributed by atoms with van der Waals surface area (Å²) in [6.45, 7) is 5.57. The molecule has 0 radical (unpaired) electrons. The molecule has 0 spiro atoms. The molecule has 0 aliphatic rings. The van der Waals surface area contributed by atoms with E-state index >= 15 is 0 Å². The van der Waals surface area contributed by atoms with E-state index in [0.29, 0.717) is 34.2 Å². The maximum atomic E-state index is 13.5. The normalized spacial score (nSPS) is 10.2. The number of benzene rings is 2. The minimum atomic E-state index is -0.391. The van der Waals surface area contributed by atoms with Crippen LogP contribution < -0.4 is 5.32 Å². The molecule has 2 rings (SSSR count). The van der Waals surface area contributed by atoms with E-state index in [1.54, 1.807) is 13.0 Å². The number of aryl methyl sites for hydroxylation is 1. The minimum absolute atomic E-state index is 0.263. The van der Waals surface area contributed by atoms with Crippen LogP contribution in [0.5, 0.6) is 0 Å². The van der Waals surface area contributed by atoms with Gasteiger partial charge in [-0.2, -0.15) is 0 Å². The highest BCUT2D eigenvalue weighted by molar-refractivity contribution is 5.80. The highest BCUT2D eigenvalue weighted by atomic mass is 19.1. The number of carbonyl (C=O) groups is 1. The van der Waals surface area contributed by atoms with Gasteiger partial charge in [-0.05, 0) is 53.9 Å². The molecule has 2 nitrogen and oxygen atoms in total. The molecular weight excluding hydrogens is 272 g/mol. The molecule has 2 aromatic carbocycles. The van der Waals surface area contributed by atoms with Gasteiger partial charge in [0.2, 0.25) is 0 Å². The molecule has 2 aromatic rings. The zero-order valence-electron chi connectivity index (χ0n) is 11.6. The van der Waals surface area contributed by atoms with Gasteiger partial charge >= 0.3 is 0 Å². The van der Waals surface area contributed by atoms with Gasteiger partial charge in [0.25, 0.3) is 0 Å². The van der Waals surface area contributed by atoms with Crippen LogP contribution in [-0.2, 0) is 6.54 Å². The van der Waals surface area contributed by atoms with E-state index < -0.39 is 5.82 Å². The van der Waals surface area contributed by atoms with E-state index in [9.17, 15) is 13.6 Å². The van der Waals surface area contributed by atoms with Crippen molar-refractivity contribution in [1.82, 2.24) is 0 Å². The third kappa shape index (κ3) is 3.34. The number of hydrogen-bond acceptors (Lipinski definition) is 2. The number of rotatable bonds is 5. The van der Waals surface area contributed by atoms with E-state index in [-0.39, 0.29) is 12.4 Å². The summed E-state index contributed by atoms with van der Waals surface area (Å²) >= 11 is 0. The molecular formula is C17H15F2NO. The molecule has 21 heavy (non-hydrogen) atoms. The Bertz CT molecular complexity index is 695. The van der Waals surface area contributed by atoms with Gasteiger partial charge in [-0.15, -0.1) is 0 Å². The van der Waals surface area contributed by atoms with Gasteiger partial charge in [0.1, 0.15) is 11.6 Å². The number of nitrogens with one attached hydrogen (secondary N) is 1. The van der Waals surface area contributed by atoms with Crippen molar-refractivity contribution in [3.8, 4) is 0 Å². The van der Waals surface area contributed by atoms with Crippen LogP contribution in [0.2, 0.25) is 0 Å². The van der Waals surface area contributed by atoms with E-state index in [2.05, 4.69) is 11.9 Å². The first-order chi connectivity index (χ1) is 10.0. The quantitative estimate of drug-likeness (QED) is 0.829. The maximum absolute atomic E-state index is 13.5. The van der Waals surface area contributed by atoms with Gasteiger partial charge in [0.05, 0.1) is 0 Å². The van der Waals surface area contributed by atoms with Gasteiger partial charge in [-0.25, -0.2) is 8.78 Å². The number of carbonyl (C=O) groups excluding carboxylic acids is 1. The van der Waals surface area contributed by atoms with Gasteiger partial charge in [-0.1, -0.05) is 12.7 Å². The number of anilines is 1. The summed E-state index contributed by atoms with van der Waals surface area (Å²) in [6, 6.07) is 6.90. The minimum Gasteiger partial charge on any atom is -0.380 e. The molecule has 0 aliphatic carbocycles. The van der Waals surface area contributed by atoms with Crippen molar-refractivity contribution in [2.45, 2.75) is 13.5 Å². The van der Waals surface area contributed by atoms with Gasteiger partial charge in [-0.3, -0.25) is 4.79 Å². The highest BCUT2D eigenvalue weighted by Gasteiger charge is 2.09. The summed E-state index contributed by atoms with van der Waals surface area (Å²) in [4.78, 5) is 11.1. The summed E-state index contributed by atoms with van der Waals surface area (Å²) in [5, 5.41) is 3.07. The van der Waals surface area contributed by atoms with Crippen LogP contribution in [0.25, 0.3) is 6.08 Å². The van der Waals surface area contributed by atoms with Crippen LogP contribution in [0.15, 0.2) is 36.9 Å². The van der Waals surface area contributed by atoms with Crippen molar-refractivity contribution in [3.63, 3.8) is 0 Å². The highest BCUT2D eigenvalue weighted by Crippen LogP contribution is 2.21. The van der Waals surface area contributed by atoms with Crippen molar-refractivity contribution in [1.29, 1.82) is 0 Å². The Hall–Kier alpha value is -2.49. The molecule has 0 atom stereocenters. The van der Waals surface area contributed by atoms with Crippen LogP contribution in [0.4, 0.5) is 14.5 Å². The molecule has 0 aromatic heterocycles. The maximum Gasteiger partial charge on any atom is 0.150 e. The molecule has 4 heteroatoms. The van der Waals surface area contributed by atoms with E-state index in [4.69, 9.17) is 0 Å². The summed E-state index contributed by atoms with van der Waals surface area (Å²) in [6.07, 6.45) is 2.24. The molecule has 0 saturated carbocycles. The fraction of sp³-hybridized carbons (Fsp3) is 0.118. The molecule has 0 fully saturated rings. The largest absolute Gasteiger partial charge is 0.380 e. The summed E-state index contributed by atoms with van der Waals surface area (Å²) < 4.78 is 26.6. The number of aldehydes is 1. The van der Waals surface area contributed by atoms with Crippen LogP contribution in [0.3, 0.4) is 0 Å². The fourth-order valence-corrected chi connectivity index (χ4v) is 2.19. The average molecular weight is 287 g/mol. The summed E-state index contributed by atoms with van der Waals surface area (Å²) in [5.74, 6) is -0.747. The van der Waals surface area contributed by atoms with Crippen LogP contribution in [0, 0.1) is 18.6 Å². The first-order valence-electron chi connectivity index (χ1n) is 6.45. The fourth-order valence-electron chi connectivity index (χ4n) is 2.19. The molecule has 108 valence electrons. The van der Waals surface area contributed by atoms with Crippen molar-refractivity contribution in [2.24, 2.45) is 0 Å². The molecule has 0 saturated heterocycles.